The second kappa shape index (κ2) is 8.43. The average molecular weight is 393 g/mol. The molecular formula is C22H19NO6. The van der Waals surface area contributed by atoms with Crippen LogP contribution in [0.2, 0.25) is 0 Å². The molecule has 1 aromatic carbocycles. The zero-order valence-electron chi connectivity index (χ0n) is 16.2. The molecule has 29 heavy (non-hydrogen) atoms. The van der Waals surface area contributed by atoms with Gasteiger partial charge < -0.3 is 18.6 Å². The Morgan fingerprint density at radius 3 is 1.97 bits per heavy atom. The van der Waals surface area contributed by atoms with Crippen molar-refractivity contribution in [3.8, 4) is 0 Å². The predicted octanol–water partition coefficient (Wildman–Crippen LogP) is 3.47. The minimum atomic E-state index is -0.840. The van der Waals surface area contributed by atoms with Gasteiger partial charge in [0.2, 0.25) is 0 Å². The number of hydrogen-bond acceptors (Lipinski definition) is 6. The number of carbonyl (C=O) groups is 3. The van der Waals surface area contributed by atoms with Crippen LogP contribution >= 0.6 is 0 Å². The Balaban J connectivity index is 2.37. The second-order valence-electron chi connectivity index (χ2n) is 5.99. The molecule has 0 radical (unpaired) electrons. The molecule has 0 aliphatic rings. The maximum Gasteiger partial charge on any atom is 0.355 e. The van der Waals surface area contributed by atoms with Gasteiger partial charge in [-0.05, 0) is 23.8 Å². The third-order valence-corrected chi connectivity index (χ3v) is 4.39. The Kier molecular flexibility index (Phi) is 5.78. The highest BCUT2D eigenvalue weighted by Crippen LogP contribution is 2.28. The lowest BCUT2D eigenvalue weighted by molar-refractivity contribution is 0.0536. The number of ether oxygens (including phenoxy) is 3. The number of hydrogen-bond donors (Lipinski definition) is 0. The first-order valence-electron chi connectivity index (χ1n) is 8.69. The van der Waals surface area contributed by atoms with Crippen molar-refractivity contribution in [2.45, 2.75) is 0 Å². The van der Waals surface area contributed by atoms with Gasteiger partial charge in [-0.25, -0.2) is 14.4 Å². The molecule has 0 spiro atoms. The van der Waals surface area contributed by atoms with Gasteiger partial charge in [0.15, 0.2) is 0 Å². The van der Waals surface area contributed by atoms with Crippen LogP contribution in [0.1, 0.15) is 42.5 Å². The van der Waals surface area contributed by atoms with E-state index in [2.05, 4.69) is 0 Å². The molecule has 7 nitrogen and oxygen atoms in total. The van der Waals surface area contributed by atoms with Gasteiger partial charge in [0.05, 0.1) is 26.8 Å². The highest BCUT2D eigenvalue weighted by molar-refractivity contribution is 6.14. The third-order valence-electron chi connectivity index (χ3n) is 4.39. The monoisotopic (exact) mass is 393 g/mol. The summed E-state index contributed by atoms with van der Waals surface area (Å²) in [4.78, 5) is 37.5. The molecule has 0 amide bonds. The van der Waals surface area contributed by atoms with E-state index in [-0.39, 0.29) is 16.8 Å². The van der Waals surface area contributed by atoms with Crippen molar-refractivity contribution in [2.75, 3.05) is 21.3 Å². The smallest absolute Gasteiger partial charge is 0.355 e. The van der Waals surface area contributed by atoms with Gasteiger partial charge in [0.25, 0.3) is 0 Å². The Labute approximate surface area is 167 Å². The molecule has 0 fully saturated rings. The summed E-state index contributed by atoms with van der Waals surface area (Å²) in [6, 6.07) is 14.6. The summed E-state index contributed by atoms with van der Waals surface area (Å²) in [5.74, 6) is -2.38. The second-order valence-corrected chi connectivity index (χ2v) is 5.99. The Hall–Kier alpha value is -3.87. The molecule has 0 aliphatic carbocycles. The first-order chi connectivity index (χ1) is 14.0. The van der Waals surface area contributed by atoms with Crippen LogP contribution in [0.25, 0.3) is 17.7 Å². The summed E-state index contributed by atoms with van der Waals surface area (Å²) < 4.78 is 16.0. The molecule has 0 unspecified atom stereocenters. The number of aromatic nitrogens is 1. The van der Waals surface area contributed by atoms with Gasteiger partial charge in [0, 0.05) is 5.69 Å². The van der Waals surface area contributed by atoms with Gasteiger partial charge in [-0.3, -0.25) is 0 Å². The quantitative estimate of drug-likeness (QED) is 0.488. The van der Waals surface area contributed by atoms with Crippen LogP contribution in [-0.2, 0) is 14.2 Å². The first kappa shape index (κ1) is 19.9. The highest BCUT2D eigenvalue weighted by atomic mass is 16.5. The minimum Gasteiger partial charge on any atom is -0.465 e. The van der Waals surface area contributed by atoms with Crippen molar-refractivity contribution in [3.05, 3.63) is 76.6 Å². The highest BCUT2D eigenvalue weighted by Gasteiger charge is 2.33. The summed E-state index contributed by atoms with van der Waals surface area (Å²) in [6.45, 7) is 0. The van der Waals surface area contributed by atoms with Gasteiger partial charge in [-0.2, -0.15) is 0 Å². The number of fused-ring (bicyclic) bond motifs is 1. The maximum atomic E-state index is 12.6. The number of nitrogens with zero attached hydrogens (tertiary/aromatic N) is 1. The van der Waals surface area contributed by atoms with E-state index in [9.17, 15) is 14.4 Å². The van der Waals surface area contributed by atoms with E-state index in [4.69, 9.17) is 14.2 Å². The van der Waals surface area contributed by atoms with Crippen LogP contribution in [-0.4, -0.2) is 43.6 Å². The molecule has 0 atom stereocenters. The van der Waals surface area contributed by atoms with E-state index in [1.54, 1.807) is 24.3 Å². The molecule has 3 rings (SSSR count). The molecule has 0 saturated heterocycles. The van der Waals surface area contributed by atoms with Crippen molar-refractivity contribution in [2.24, 2.45) is 0 Å². The number of rotatable bonds is 5. The topological polar surface area (TPSA) is 83.3 Å². The number of benzene rings is 1. The van der Waals surface area contributed by atoms with Crippen molar-refractivity contribution in [1.29, 1.82) is 0 Å². The van der Waals surface area contributed by atoms with E-state index in [0.717, 1.165) is 5.56 Å². The van der Waals surface area contributed by atoms with E-state index < -0.39 is 17.9 Å². The zero-order chi connectivity index (χ0) is 21.0. The molecule has 2 heterocycles. The van der Waals surface area contributed by atoms with E-state index >= 15 is 0 Å². The fourth-order valence-electron chi connectivity index (χ4n) is 3.10. The summed E-state index contributed by atoms with van der Waals surface area (Å²) >= 11 is 0. The minimum absolute atomic E-state index is 0.0605. The number of carbonyl (C=O) groups excluding carboxylic acids is 3. The van der Waals surface area contributed by atoms with Gasteiger partial charge in [-0.15, -0.1) is 0 Å². The fraction of sp³-hybridized carbons (Fsp3) is 0.136. The van der Waals surface area contributed by atoms with Crippen molar-refractivity contribution >= 4 is 35.6 Å². The maximum absolute atomic E-state index is 12.6. The molecule has 0 saturated carbocycles. The van der Waals surface area contributed by atoms with Crippen LogP contribution in [0.4, 0.5) is 0 Å². The van der Waals surface area contributed by atoms with Crippen LogP contribution in [0.3, 0.4) is 0 Å². The summed E-state index contributed by atoms with van der Waals surface area (Å²) in [5.41, 5.74) is 1.46. The number of methoxy groups -OCH3 is 3. The van der Waals surface area contributed by atoms with Crippen molar-refractivity contribution in [3.63, 3.8) is 0 Å². The Bertz CT molecular complexity index is 1110. The Morgan fingerprint density at radius 2 is 1.34 bits per heavy atom. The lowest BCUT2D eigenvalue weighted by Crippen LogP contribution is -2.15. The fourth-order valence-corrected chi connectivity index (χ4v) is 3.10. The van der Waals surface area contributed by atoms with Crippen LogP contribution in [0, 0.1) is 0 Å². The first-order valence-corrected chi connectivity index (χ1v) is 8.69. The summed E-state index contributed by atoms with van der Waals surface area (Å²) in [5, 5.41) is 0. The average Bonchev–Trinajstić information content (AvgIpc) is 3.12. The van der Waals surface area contributed by atoms with Gasteiger partial charge >= 0.3 is 17.9 Å². The molecular weight excluding hydrogens is 374 g/mol. The SMILES string of the molecule is COC(=O)c1c(C(=O)OC)c2cccc(/C=C\c3ccccc3)n2c1C(=O)OC. The predicted molar refractivity (Wildman–Crippen MR) is 107 cm³/mol. The largest absolute Gasteiger partial charge is 0.465 e. The van der Waals surface area contributed by atoms with Gasteiger partial charge in [0.1, 0.15) is 16.8 Å². The normalized spacial score (nSPS) is 10.9. The van der Waals surface area contributed by atoms with Crippen LogP contribution < -0.4 is 0 Å². The van der Waals surface area contributed by atoms with E-state index in [1.165, 1.54) is 25.7 Å². The number of esters is 3. The van der Waals surface area contributed by atoms with Crippen molar-refractivity contribution < 1.29 is 28.6 Å². The lowest BCUT2D eigenvalue weighted by atomic mass is 10.1. The van der Waals surface area contributed by atoms with Crippen LogP contribution in [0.5, 0.6) is 0 Å². The van der Waals surface area contributed by atoms with Gasteiger partial charge in [-0.1, -0.05) is 42.5 Å². The zero-order valence-corrected chi connectivity index (χ0v) is 16.2. The van der Waals surface area contributed by atoms with E-state index in [0.29, 0.717) is 11.2 Å². The standard InChI is InChI=1S/C22H19NO6/c1-27-20(24)17-16-11-7-10-15(13-12-14-8-5-4-6-9-14)23(16)19(22(26)29-3)18(17)21(25)28-2/h4-13H,1-3H3/b13-12-. The molecule has 0 aliphatic heterocycles. The molecule has 0 N–H and O–H groups in total. The molecule has 0 bridgehead atoms. The van der Waals surface area contributed by atoms with Crippen LogP contribution in [0.15, 0.2) is 48.5 Å². The molecule has 148 valence electrons. The Morgan fingerprint density at radius 1 is 0.724 bits per heavy atom. The lowest BCUT2D eigenvalue weighted by Gasteiger charge is -2.07. The van der Waals surface area contributed by atoms with E-state index in [1.807, 2.05) is 36.4 Å². The third kappa shape index (κ3) is 3.62. The number of pyridine rings is 1. The van der Waals surface area contributed by atoms with Crippen molar-refractivity contribution in [1.82, 2.24) is 4.40 Å². The summed E-state index contributed by atoms with van der Waals surface area (Å²) in [6.07, 6.45) is 3.63. The molecule has 7 heteroatoms. The molecule has 3 aromatic rings. The molecule has 2 aromatic heterocycles. The summed E-state index contributed by atoms with van der Waals surface area (Å²) in [7, 11) is 3.57.